The Balaban J connectivity index is 3.11. The standard InChI is InChI=1S/C10H13B2ClN2O3/c11-4-1-3(9(15)7(12)8(4)13)6(16)2-5(14)10(17)18/h1,5H,2,11-12,14-15H2,(H,17,18). The Morgan fingerprint density at radius 1 is 1.44 bits per heavy atom. The first kappa shape index (κ1) is 14.6. The number of anilines is 1. The van der Waals surface area contributed by atoms with E-state index in [-0.39, 0.29) is 17.7 Å². The monoisotopic (exact) mass is 266 g/mol. The highest BCUT2D eigenvalue weighted by atomic mass is 35.5. The smallest absolute Gasteiger partial charge is 0.320 e. The molecule has 0 radical (unpaired) electrons. The van der Waals surface area contributed by atoms with Crippen LogP contribution in [0.4, 0.5) is 5.69 Å². The number of hydrogen-bond acceptors (Lipinski definition) is 4. The second-order valence-corrected chi connectivity index (χ2v) is 4.54. The fourth-order valence-electron chi connectivity index (χ4n) is 1.60. The summed E-state index contributed by atoms with van der Waals surface area (Å²) in [7, 11) is 3.46. The molecule has 0 spiro atoms. The topological polar surface area (TPSA) is 106 Å². The second-order valence-electron chi connectivity index (χ2n) is 4.17. The van der Waals surface area contributed by atoms with Gasteiger partial charge < -0.3 is 16.6 Å². The van der Waals surface area contributed by atoms with E-state index in [1.165, 1.54) is 0 Å². The largest absolute Gasteiger partial charge is 0.480 e. The molecule has 8 heteroatoms. The van der Waals surface area contributed by atoms with Crippen LogP contribution < -0.4 is 22.4 Å². The number of Topliss-reactive ketones (excluding diaryl/α,β-unsaturated/α-hetero) is 1. The molecule has 0 saturated heterocycles. The minimum atomic E-state index is -1.23. The van der Waals surface area contributed by atoms with Crippen molar-refractivity contribution < 1.29 is 14.7 Å². The number of nitrogen functional groups attached to an aromatic ring is 1. The van der Waals surface area contributed by atoms with Crippen molar-refractivity contribution >= 4 is 55.7 Å². The van der Waals surface area contributed by atoms with Crippen molar-refractivity contribution in [1.29, 1.82) is 0 Å². The molecule has 0 saturated carbocycles. The van der Waals surface area contributed by atoms with Crippen molar-refractivity contribution in [2.75, 3.05) is 5.73 Å². The number of carboxylic acid groups (broad SMARTS) is 1. The molecule has 0 aliphatic rings. The van der Waals surface area contributed by atoms with Gasteiger partial charge in [0.25, 0.3) is 0 Å². The molecular formula is C10H13B2ClN2O3. The summed E-state index contributed by atoms with van der Waals surface area (Å²) in [5.41, 5.74) is 13.0. The van der Waals surface area contributed by atoms with Gasteiger partial charge in [-0.2, -0.15) is 0 Å². The molecule has 1 unspecified atom stereocenters. The molecule has 1 aromatic rings. The van der Waals surface area contributed by atoms with Crippen LogP contribution in [0.15, 0.2) is 6.07 Å². The van der Waals surface area contributed by atoms with E-state index in [9.17, 15) is 9.59 Å². The van der Waals surface area contributed by atoms with Gasteiger partial charge in [-0.1, -0.05) is 23.1 Å². The van der Waals surface area contributed by atoms with Crippen LogP contribution in [0.25, 0.3) is 0 Å². The molecule has 18 heavy (non-hydrogen) atoms. The van der Waals surface area contributed by atoms with Crippen molar-refractivity contribution in [3.05, 3.63) is 16.7 Å². The molecular weight excluding hydrogens is 253 g/mol. The first-order valence-electron chi connectivity index (χ1n) is 5.32. The molecule has 1 aromatic carbocycles. The summed E-state index contributed by atoms with van der Waals surface area (Å²) in [5.74, 6) is -1.62. The minimum absolute atomic E-state index is 0.270. The Kier molecular flexibility index (Phi) is 4.43. The van der Waals surface area contributed by atoms with Crippen LogP contribution in [0.5, 0.6) is 0 Å². The number of carbonyl (C=O) groups excluding carboxylic acids is 1. The number of hydrogen-bond donors (Lipinski definition) is 3. The summed E-state index contributed by atoms with van der Waals surface area (Å²) in [5, 5.41) is 9.18. The number of carboxylic acids is 1. The highest BCUT2D eigenvalue weighted by Crippen LogP contribution is 2.15. The molecule has 0 heterocycles. The van der Waals surface area contributed by atoms with Gasteiger partial charge in [-0.25, -0.2) is 0 Å². The zero-order chi connectivity index (χ0) is 14.0. The fourth-order valence-corrected chi connectivity index (χ4v) is 1.76. The van der Waals surface area contributed by atoms with Gasteiger partial charge in [0, 0.05) is 22.7 Å². The summed E-state index contributed by atoms with van der Waals surface area (Å²) in [4.78, 5) is 22.5. The summed E-state index contributed by atoms with van der Waals surface area (Å²) < 4.78 is 0. The van der Waals surface area contributed by atoms with Gasteiger partial charge in [-0.15, -0.1) is 0 Å². The number of halogens is 1. The first-order valence-corrected chi connectivity index (χ1v) is 5.70. The summed E-state index contributed by atoms with van der Waals surface area (Å²) >= 11 is 6.01. The van der Waals surface area contributed by atoms with Gasteiger partial charge in [-0.05, 0) is 5.46 Å². The summed E-state index contributed by atoms with van der Waals surface area (Å²) in [6.45, 7) is 0. The third kappa shape index (κ3) is 2.86. The van der Waals surface area contributed by atoms with Crippen LogP contribution in [0, 0.1) is 0 Å². The molecule has 5 nitrogen and oxygen atoms in total. The van der Waals surface area contributed by atoms with Gasteiger partial charge in [0.15, 0.2) is 5.78 Å². The highest BCUT2D eigenvalue weighted by molar-refractivity contribution is 6.54. The lowest BCUT2D eigenvalue weighted by atomic mass is 9.82. The van der Waals surface area contributed by atoms with Crippen LogP contribution in [0.2, 0.25) is 5.02 Å². The van der Waals surface area contributed by atoms with Crippen LogP contribution in [0.1, 0.15) is 16.8 Å². The second kappa shape index (κ2) is 5.46. The van der Waals surface area contributed by atoms with E-state index in [0.717, 1.165) is 5.46 Å². The Morgan fingerprint density at radius 3 is 2.50 bits per heavy atom. The zero-order valence-corrected chi connectivity index (χ0v) is 10.9. The molecule has 1 atom stereocenters. The third-order valence-corrected chi connectivity index (χ3v) is 3.33. The zero-order valence-electron chi connectivity index (χ0n) is 10.2. The van der Waals surface area contributed by atoms with Gasteiger partial charge in [0.05, 0.1) is 0 Å². The van der Waals surface area contributed by atoms with Gasteiger partial charge >= 0.3 is 5.97 Å². The average Bonchev–Trinajstić information content (AvgIpc) is 2.30. The Labute approximate surface area is 111 Å². The number of benzene rings is 1. The molecule has 5 N–H and O–H groups in total. The molecule has 0 aliphatic heterocycles. The van der Waals surface area contributed by atoms with Crippen LogP contribution >= 0.6 is 11.6 Å². The first-order chi connectivity index (χ1) is 8.25. The SMILES string of the molecule is Bc1cc(C(=O)CC(N)C(=O)O)c(N)c(B)c1Cl. The number of nitrogens with two attached hydrogens (primary N) is 2. The number of rotatable bonds is 4. The summed E-state index contributed by atoms with van der Waals surface area (Å²) in [6, 6.07) is 0.329. The van der Waals surface area contributed by atoms with Crippen LogP contribution in [-0.4, -0.2) is 38.6 Å². The van der Waals surface area contributed by atoms with E-state index in [1.807, 2.05) is 0 Å². The number of aliphatic carboxylic acids is 1. The van der Waals surface area contributed by atoms with E-state index >= 15 is 0 Å². The molecule has 1 rings (SSSR count). The van der Waals surface area contributed by atoms with E-state index in [0.29, 0.717) is 10.5 Å². The molecule has 0 aliphatic carbocycles. The van der Waals surface area contributed by atoms with Gasteiger partial charge in [0.1, 0.15) is 21.7 Å². The molecule has 0 fully saturated rings. The minimum Gasteiger partial charge on any atom is -0.480 e. The maximum absolute atomic E-state index is 11.9. The van der Waals surface area contributed by atoms with Crippen molar-refractivity contribution in [2.24, 2.45) is 5.73 Å². The van der Waals surface area contributed by atoms with Crippen molar-refractivity contribution in [3.8, 4) is 0 Å². The molecule has 0 bridgehead atoms. The van der Waals surface area contributed by atoms with Gasteiger partial charge in [-0.3, -0.25) is 9.59 Å². The molecule has 0 amide bonds. The highest BCUT2D eigenvalue weighted by Gasteiger charge is 2.20. The maximum atomic E-state index is 11.9. The maximum Gasteiger partial charge on any atom is 0.320 e. The van der Waals surface area contributed by atoms with Crippen LogP contribution in [-0.2, 0) is 4.79 Å². The average molecular weight is 266 g/mol. The Morgan fingerprint density at radius 2 is 2.00 bits per heavy atom. The van der Waals surface area contributed by atoms with Crippen molar-refractivity contribution in [3.63, 3.8) is 0 Å². The van der Waals surface area contributed by atoms with E-state index in [2.05, 4.69) is 0 Å². The Bertz CT molecular complexity index is 522. The van der Waals surface area contributed by atoms with Crippen molar-refractivity contribution in [1.82, 2.24) is 0 Å². The summed E-state index contributed by atoms with van der Waals surface area (Å²) in [6.07, 6.45) is -0.292. The van der Waals surface area contributed by atoms with Gasteiger partial charge in [0.2, 0.25) is 0 Å². The van der Waals surface area contributed by atoms with Crippen molar-refractivity contribution in [2.45, 2.75) is 12.5 Å². The third-order valence-electron chi connectivity index (χ3n) is 2.75. The lowest BCUT2D eigenvalue weighted by molar-refractivity contribution is -0.138. The van der Waals surface area contributed by atoms with E-state index in [1.54, 1.807) is 21.8 Å². The normalized spacial score (nSPS) is 12.1. The van der Waals surface area contributed by atoms with E-state index in [4.69, 9.17) is 28.2 Å². The quantitative estimate of drug-likeness (QED) is 0.315. The lowest BCUT2D eigenvalue weighted by Crippen LogP contribution is -2.33. The predicted octanol–water partition coefficient (Wildman–Crippen LogP) is -2.58. The van der Waals surface area contributed by atoms with Crippen LogP contribution in [0.3, 0.4) is 0 Å². The molecule has 0 aromatic heterocycles. The lowest BCUT2D eigenvalue weighted by Gasteiger charge is -2.13. The molecule has 94 valence electrons. The number of carbonyl (C=O) groups is 2. The predicted molar refractivity (Wildman–Crippen MR) is 76.8 cm³/mol. The number of ketones is 1. The van der Waals surface area contributed by atoms with E-state index < -0.39 is 17.8 Å². The Hall–Kier alpha value is -1.46. The fraction of sp³-hybridized carbons (Fsp3) is 0.200.